The van der Waals surface area contributed by atoms with Crippen molar-refractivity contribution in [3.8, 4) is 0 Å². The number of pyridine rings is 1. The molecule has 1 atom stereocenters. The Hall–Kier alpha value is -1.82. The van der Waals surface area contributed by atoms with E-state index in [-0.39, 0.29) is 12.4 Å². The molecule has 6 nitrogen and oxygen atoms in total. The van der Waals surface area contributed by atoms with Crippen molar-refractivity contribution in [2.24, 2.45) is 10.9 Å². The molecule has 2 rings (SSSR count). The third-order valence-electron chi connectivity index (χ3n) is 3.52. The summed E-state index contributed by atoms with van der Waals surface area (Å²) in [7, 11) is 0. The highest BCUT2D eigenvalue weighted by Gasteiger charge is 2.27. The van der Waals surface area contributed by atoms with Crippen LogP contribution in [-0.2, 0) is 0 Å². The van der Waals surface area contributed by atoms with Gasteiger partial charge in [0.1, 0.15) is 5.69 Å². The second kappa shape index (κ2) is 6.38. The van der Waals surface area contributed by atoms with Crippen molar-refractivity contribution in [3.63, 3.8) is 0 Å². The van der Waals surface area contributed by atoms with Gasteiger partial charge in [0.15, 0.2) is 5.84 Å². The van der Waals surface area contributed by atoms with Crippen LogP contribution in [0, 0.1) is 0 Å². The van der Waals surface area contributed by atoms with E-state index in [9.17, 15) is 0 Å². The van der Waals surface area contributed by atoms with Gasteiger partial charge in [-0.25, -0.2) is 0 Å². The van der Waals surface area contributed by atoms with E-state index in [1.807, 2.05) is 12.1 Å². The molecule has 1 aromatic heterocycles. The monoisotopic (exact) mass is 264 g/mol. The summed E-state index contributed by atoms with van der Waals surface area (Å²) < 4.78 is 0. The number of rotatable bonds is 5. The summed E-state index contributed by atoms with van der Waals surface area (Å²) >= 11 is 0. The predicted molar refractivity (Wildman–Crippen MR) is 73.4 cm³/mol. The molecular formula is C13H20N4O2. The molecule has 0 spiro atoms. The van der Waals surface area contributed by atoms with E-state index in [4.69, 9.17) is 16.0 Å². The molecule has 1 aliphatic rings. The Labute approximate surface area is 112 Å². The average molecular weight is 264 g/mol. The van der Waals surface area contributed by atoms with E-state index in [1.54, 1.807) is 6.20 Å². The number of aliphatic hydroxyl groups excluding tert-OH is 1. The van der Waals surface area contributed by atoms with Crippen LogP contribution in [0.3, 0.4) is 0 Å². The number of amidine groups is 1. The van der Waals surface area contributed by atoms with Crippen LogP contribution in [-0.4, -0.2) is 40.3 Å². The van der Waals surface area contributed by atoms with Crippen molar-refractivity contribution in [1.82, 2.24) is 4.98 Å². The van der Waals surface area contributed by atoms with Gasteiger partial charge in [-0.3, -0.25) is 4.98 Å². The molecule has 1 aromatic rings. The second-order valence-electron chi connectivity index (χ2n) is 4.71. The molecule has 0 saturated carbocycles. The lowest BCUT2D eigenvalue weighted by atomic mass is 10.1. The summed E-state index contributed by atoms with van der Waals surface area (Å²) in [5, 5.41) is 20.8. The number of hydrogen-bond acceptors (Lipinski definition) is 5. The van der Waals surface area contributed by atoms with Gasteiger partial charge < -0.3 is 20.9 Å². The third kappa shape index (κ3) is 2.96. The highest BCUT2D eigenvalue weighted by molar-refractivity contribution is 6.00. The Morgan fingerprint density at radius 3 is 3.16 bits per heavy atom. The van der Waals surface area contributed by atoms with Crippen LogP contribution in [0.25, 0.3) is 0 Å². The molecule has 1 unspecified atom stereocenters. The largest absolute Gasteiger partial charge is 0.409 e. The summed E-state index contributed by atoms with van der Waals surface area (Å²) in [4.78, 5) is 6.45. The number of aliphatic hydroxyl groups is 1. The molecule has 1 fully saturated rings. The van der Waals surface area contributed by atoms with Crippen LogP contribution in [0.1, 0.15) is 31.4 Å². The van der Waals surface area contributed by atoms with Gasteiger partial charge in [0.2, 0.25) is 0 Å². The molecule has 0 aliphatic carbocycles. The zero-order valence-corrected chi connectivity index (χ0v) is 10.9. The molecular weight excluding hydrogens is 244 g/mol. The third-order valence-corrected chi connectivity index (χ3v) is 3.52. The Kier molecular flexibility index (Phi) is 4.57. The molecule has 0 radical (unpaired) electrons. The van der Waals surface area contributed by atoms with Crippen molar-refractivity contribution in [2.75, 3.05) is 18.1 Å². The van der Waals surface area contributed by atoms with E-state index in [2.05, 4.69) is 15.0 Å². The summed E-state index contributed by atoms with van der Waals surface area (Å²) in [5.74, 6) is 0.0309. The Bertz CT molecular complexity index is 450. The van der Waals surface area contributed by atoms with Gasteiger partial charge in [-0.15, -0.1) is 0 Å². The zero-order valence-electron chi connectivity index (χ0n) is 10.9. The van der Waals surface area contributed by atoms with Crippen LogP contribution in [0.5, 0.6) is 0 Å². The lowest BCUT2D eigenvalue weighted by Crippen LogP contribution is -2.32. The molecule has 4 N–H and O–H groups in total. The molecule has 6 heteroatoms. The fourth-order valence-corrected chi connectivity index (χ4v) is 2.65. The lowest BCUT2D eigenvalue weighted by Gasteiger charge is -2.28. The Morgan fingerprint density at radius 2 is 2.42 bits per heavy atom. The smallest absolute Gasteiger partial charge is 0.190 e. The molecule has 1 saturated heterocycles. The minimum Gasteiger partial charge on any atom is -0.409 e. The zero-order chi connectivity index (χ0) is 13.7. The summed E-state index contributed by atoms with van der Waals surface area (Å²) in [5.41, 5.74) is 7.09. The number of nitrogens with zero attached hydrogens (tertiary/aromatic N) is 3. The van der Waals surface area contributed by atoms with Crippen molar-refractivity contribution in [3.05, 3.63) is 24.0 Å². The lowest BCUT2D eigenvalue weighted by molar-refractivity contribution is 0.279. The van der Waals surface area contributed by atoms with E-state index in [0.717, 1.165) is 37.9 Å². The maximum Gasteiger partial charge on any atom is 0.190 e. The highest BCUT2D eigenvalue weighted by Crippen LogP contribution is 2.29. The first-order valence-corrected chi connectivity index (χ1v) is 6.58. The summed E-state index contributed by atoms with van der Waals surface area (Å²) in [6.45, 7) is 1.15. The Balaban J connectivity index is 2.25. The first-order valence-electron chi connectivity index (χ1n) is 6.58. The molecule has 19 heavy (non-hydrogen) atoms. The van der Waals surface area contributed by atoms with Crippen molar-refractivity contribution < 1.29 is 10.3 Å². The molecule has 2 heterocycles. The average Bonchev–Trinajstić information content (AvgIpc) is 2.92. The standard InChI is InChI=1S/C13H20N4O2/c14-13(16-19)12-11(6-1-7-15-12)17-8-2-4-10(17)5-3-9-18/h1,6-7,10,18-19H,2-5,8-9H2,(H2,14,16). The van der Waals surface area contributed by atoms with E-state index in [0.29, 0.717) is 11.7 Å². The predicted octanol–water partition coefficient (Wildman–Crippen LogP) is 0.917. The Morgan fingerprint density at radius 1 is 1.58 bits per heavy atom. The number of anilines is 1. The second-order valence-corrected chi connectivity index (χ2v) is 4.71. The van der Waals surface area contributed by atoms with Gasteiger partial charge in [-0.05, 0) is 37.8 Å². The molecule has 0 bridgehead atoms. The first-order chi connectivity index (χ1) is 9.27. The maximum absolute atomic E-state index is 8.96. The number of aromatic nitrogens is 1. The van der Waals surface area contributed by atoms with Crippen molar-refractivity contribution >= 4 is 11.5 Å². The highest BCUT2D eigenvalue weighted by atomic mass is 16.4. The van der Waals surface area contributed by atoms with Crippen LogP contribution >= 0.6 is 0 Å². The van der Waals surface area contributed by atoms with Gasteiger partial charge in [-0.2, -0.15) is 0 Å². The number of hydrogen-bond donors (Lipinski definition) is 3. The number of nitrogens with two attached hydrogens (primary N) is 1. The van der Waals surface area contributed by atoms with Crippen LogP contribution in [0.15, 0.2) is 23.5 Å². The molecule has 1 aliphatic heterocycles. The van der Waals surface area contributed by atoms with E-state index in [1.165, 1.54) is 0 Å². The number of oxime groups is 1. The van der Waals surface area contributed by atoms with Crippen LogP contribution < -0.4 is 10.6 Å². The normalized spacial score (nSPS) is 19.9. The van der Waals surface area contributed by atoms with Crippen LogP contribution in [0.4, 0.5) is 5.69 Å². The van der Waals surface area contributed by atoms with Crippen LogP contribution in [0.2, 0.25) is 0 Å². The minimum absolute atomic E-state index is 0.0309. The van der Waals surface area contributed by atoms with E-state index < -0.39 is 0 Å². The topological polar surface area (TPSA) is 95.0 Å². The first kappa shape index (κ1) is 13.6. The van der Waals surface area contributed by atoms with Gasteiger partial charge >= 0.3 is 0 Å². The quantitative estimate of drug-likeness (QED) is 0.318. The minimum atomic E-state index is 0.0309. The van der Waals surface area contributed by atoms with Gasteiger partial charge in [-0.1, -0.05) is 5.16 Å². The van der Waals surface area contributed by atoms with Gasteiger partial charge in [0, 0.05) is 25.4 Å². The van der Waals surface area contributed by atoms with Gasteiger partial charge in [0.25, 0.3) is 0 Å². The van der Waals surface area contributed by atoms with Crippen molar-refractivity contribution in [1.29, 1.82) is 0 Å². The summed E-state index contributed by atoms with van der Waals surface area (Å²) in [6, 6.07) is 4.18. The molecule has 0 aromatic carbocycles. The van der Waals surface area contributed by atoms with E-state index >= 15 is 0 Å². The summed E-state index contributed by atoms with van der Waals surface area (Å²) in [6.07, 6.45) is 5.59. The van der Waals surface area contributed by atoms with Crippen molar-refractivity contribution in [2.45, 2.75) is 31.7 Å². The SMILES string of the molecule is N/C(=N/O)c1ncccc1N1CCCC1CCCO. The molecule has 0 amide bonds. The molecule has 104 valence electrons. The fraction of sp³-hybridized carbons (Fsp3) is 0.538. The van der Waals surface area contributed by atoms with Gasteiger partial charge in [0.05, 0.1) is 5.69 Å². The maximum atomic E-state index is 8.96. The fourth-order valence-electron chi connectivity index (χ4n) is 2.65.